The molecule has 0 radical (unpaired) electrons. The Labute approximate surface area is 102 Å². The Morgan fingerprint density at radius 3 is 2.53 bits per heavy atom. The Hall–Kier alpha value is -1.49. The molecule has 0 saturated carbocycles. The van der Waals surface area contributed by atoms with Crippen LogP contribution in [0.2, 0.25) is 0 Å². The van der Waals surface area contributed by atoms with Crippen molar-refractivity contribution in [3.05, 3.63) is 12.1 Å². The summed E-state index contributed by atoms with van der Waals surface area (Å²) < 4.78 is 16.0. The third-order valence-electron chi connectivity index (χ3n) is 1.93. The summed E-state index contributed by atoms with van der Waals surface area (Å²) in [6.07, 6.45) is -0.0422. The quantitative estimate of drug-likeness (QED) is 0.822. The van der Waals surface area contributed by atoms with E-state index in [0.29, 0.717) is 24.1 Å². The van der Waals surface area contributed by atoms with Gasteiger partial charge in [0.25, 0.3) is 0 Å². The lowest BCUT2D eigenvalue weighted by molar-refractivity contribution is 0.0881. The summed E-state index contributed by atoms with van der Waals surface area (Å²) >= 11 is 0. The zero-order valence-electron chi connectivity index (χ0n) is 10.8. The molecule has 1 unspecified atom stereocenters. The van der Waals surface area contributed by atoms with Gasteiger partial charge in [-0.05, 0) is 26.8 Å². The van der Waals surface area contributed by atoms with E-state index in [1.165, 1.54) is 0 Å². The number of aromatic nitrogens is 1. The monoisotopic (exact) mass is 240 g/mol. The Bertz CT molecular complexity index is 356. The average molecular weight is 240 g/mol. The largest absolute Gasteiger partial charge is 0.473 e. The first-order valence-corrected chi connectivity index (χ1v) is 5.61. The van der Waals surface area contributed by atoms with Crippen LogP contribution in [-0.2, 0) is 4.74 Å². The lowest BCUT2D eigenvalue weighted by Gasteiger charge is -2.15. The van der Waals surface area contributed by atoms with Crippen molar-refractivity contribution in [3.8, 4) is 11.8 Å². The second-order valence-corrected chi connectivity index (χ2v) is 4.09. The second kappa shape index (κ2) is 6.30. The van der Waals surface area contributed by atoms with E-state index >= 15 is 0 Å². The molecule has 96 valence electrons. The highest BCUT2D eigenvalue weighted by Gasteiger charge is 2.09. The van der Waals surface area contributed by atoms with Gasteiger partial charge in [-0.25, -0.2) is 0 Å². The predicted octanol–water partition coefficient (Wildman–Crippen LogP) is 1.86. The van der Waals surface area contributed by atoms with Crippen LogP contribution in [0, 0.1) is 0 Å². The molecule has 0 aliphatic carbocycles. The number of pyridine rings is 1. The van der Waals surface area contributed by atoms with Crippen molar-refractivity contribution in [2.24, 2.45) is 0 Å². The number of hydrogen-bond donors (Lipinski definition) is 1. The summed E-state index contributed by atoms with van der Waals surface area (Å²) in [7, 11) is 1.63. The maximum Gasteiger partial charge on any atom is 0.240 e. The molecule has 0 aliphatic rings. The molecule has 0 aromatic carbocycles. The van der Waals surface area contributed by atoms with E-state index in [9.17, 15) is 0 Å². The smallest absolute Gasteiger partial charge is 0.240 e. The second-order valence-electron chi connectivity index (χ2n) is 4.09. The summed E-state index contributed by atoms with van der Waals surface area (Å²) in [5.41, 5.74) is 6.26. The average Bonchev–Trinajstić information content (AvgIpc) is 2.22. The van der Waals surface area contributed by atoms with E-state index in [-0.39, 0.29) is 12.2 Å². The number of nitrogens with zero attached hydrogens (tertiary/aromatic N) is 1. The van der Waals surface area contributed by atoms with Gasteiger partial charge in [0, 0.05) is 13.2 Å². The highest BCUT2D eigenvalue weighted by molar-refractivity contribution is 5.49. The molecule has 17 heavy (non-hydrogen) atoms. The van der Waals surface area contributed by atoms with Crippen LogP contribution in [-0.4, -0.2) is 30.9 Å². The highest BCUT2D eigenvalue weighted by Crippen LogP contribution is 2.23. The number of methoxy groups -OCH3 is 1. The Kier molecular flexibility index (Phi) is 5.03. The van der Waals surface area contributed by atoms with E-state index in [1.807, 2.05) is 20.8 Å². The van der Waals surface area contributed by atoms with Gasteiger partial charge in [0.15, 0.2) is 0 Å². The van der Waals surface area contributed by atoms with Gasteiger partial charge < -0.3 is 19.9 Å². The summed E-state index contributed by atoms with van der Waals surface area (Å²) in [6.45, 7) is 6.25. The molecule has 0 spiro atoms. The summed E-state index contributed by atoms with van der Waals surface area (Å²) in [5.74, 6) is 0.890. The van der Waals surface area contributed by atoms with Gasteiger partial charge in [0.1, 0.15) is 6.10 Å². The SMILES string of the molecule is COCC(C)Oc1ccc(N)c(OC(C)C)n1. The lowest BCUT2D eigenvalue weighted by atomic mass is 10.4. The minimum atomic E-state index is -0.0666. The van der Waals surface area contributed by atoms with Crippen LogP contribution in [0.4, 0.5) is 5.69 Å². The molecular weight excluding hydrogens is 220 g/mol. The van der Waals surface area contributed by atoms with Crippen LogP contribution in [0.15, 0.2) is 12.1 Å². The molecule has 1 aromatic heterocycles. The minimum Gasteiger partial charge on any atom is -0.473 e. The van der Waals surface area contributed by atoms with Gasteiger partial charge >= 0.3 is 0 Å². The van der Waals surface area contributed by atoms with Crippen molar-refractivity contribution >= 4 is 5.69 Å². The number of nitrogens with two attached hydrogens (primary N) is 1. The standard InChI is InChI=1S/C12H20N2O3/c1-8(2)16-12-10(13)5-6-11(14-12)17-9(3)7-15-4/h5-6,8-9H,7,13H2,1-4H3. The van der Waals surface area contributed by atoms with Crippen LogP contribution in [0.1, 0.15) is 20.8 Å². The molecule has 1 aromatic rings. The van der Waals surface area contributed by atoms with Crippen LogP contribution < -0.4 is 15.2 Å². The molecule has 0 aliphatic heterocycles. The van der Waals surface area contributed by atoms with Gasteiger partial charge in [-0.2, -0.15) is 4.98 Å². The van der Waals surface area contributed by atoms with Gasteiger partial charge in [0.05, 0.1) is 18.4 Å². The van der Waals surface area contributed by atoms with E-state index in [0.717, 1.165) is 0 Å². The summed E-state index contributed by atoms with van der Waals surface area (Å²) in [5, 5.41) is 0. The van der Waals surface area contributed by atoms with E-state index in [1.54, 1.807) is 19.2 Å². The van der Waals surface area contributed by atoms with Crippen molar-refractivity contribution < 1.29 is 14.2 Å². The topological polar surface area (TPSA) is 66.6 Å². The zero-order valence-corrected chi connectivity index (χ0v) is 10.8. The minimum absolute atomic E-state index is 0.0245. The molecule has 0 bridgehead atoms. The van der Waals surface area contributed by atoms with E-state index in [2.05, 4.69) is 4.98 Å². The highest BCUT2D eigenvalue weighted by atomic mass is 16.5. The normalized spacial score (nSPS) is 12.5. The molecule has 0 fully saturated rings. The van der Waals surface area contributed by atoms with E-state index < -0.39 is 0 Å². The third kappa shape index (κ3) is 4.48. The van der Waals surface area contributed by atoms with Crippen LogP contribution in [0.3, 0.4) is 0 Å². The molecule has 5 heteroatoms. The van der Waals surface area contributed by atoms with Gasteiger partial charge in [-0.3, -0.25) is 0 Å². The van der Waals surface area contributed by atoms with Crippen molar-refractivity contribution in [1.82, 2.24) is 4.98 Å². The van der Waals surface area contributed by atoms with E-state index in [4.69, 9.17) is 19.9 Å². The molecule has 0 saturated heterocycles. The number of rotatable bonds is 6. The molecule has 1 heterocycles. The molecular formula is C12H20N2O3. The first kappa shape index (κ1) is 13.6. The Balaban J connectivity index is 2.74. The fourth-order valence-electron chi connectivity index (χ4n) is 1.29. The fourth-order valence-corrected chi connectivity index (χ4v) is 1.29. The Morgan fingerprint density at radius 1 is 1.24 bits per heavy atom. The number of nitrogen functional groups attached to an aromatic ring is 1. The molecule has 1 atom stereocenters. The summed E-state index contributed by atoms with van der Waals surface area (Å²) in [6, 6.07) is 3.44. The van der Waals surface area contributed by atoms with Crippen molar-refractivity contribution in [1.29, 1.82) is 0 Å². The number of anilines is 1. The first-order chi connectivity index (χ1) is 8.02. The first-order valence-electron chi connectivity index (χ1n) is 5.61. The Morgan fingerprint density at radius 2 is 1.94 bits per heavy atom. The fraction of sp³-hybridized carbons (Fsp3) is 0.583. The molecule has 1 rings (SSSR count). The zero-order chi connectivity index (χ0) is 12.8. The third-order valence-corrected chi connectivity index (χ3v) is 1.93. The maximum atomic E-state index is 5.76. The molecule has 5 nitrogen and oxygen atoms in total. The summed E-state index contributed by atoms with van der Waals surface area (Å²) in [4.78, 5) is 4.21. The van der Waals surface area contributed by atoms with Gasteiger partial charge in [-0.15, -0.1) is 0 Å². The van der Waals surface area contributed by atoms with Crippen LogP contribution in [0.25, 0.3) is 0 Å². The van der Waals surface area contributed by atoms with Crippen LogP contribution >= 0.6 is 0 Å². The van der Waals surface area contributed by atoms with Crippen molar-refractivity contribution in [3.63, 3.8) is 0 Å². The van der Waals surface area contributed by atoms with Gasteiger partial charge in [0.2, 0.25) is 11.8 Å². The predicted molar refractivity (Wildman–Crippen MR) is 66.4 cm³/mol. The number of ether oxygens (including phenoxy) is 3. The molecule has 0 amide bonds. The number of hydrogen-bond acceptors (Lipinski definition) is 5. The maximum absolute atomic E-state index is 5.76. The lowest BCUT2D eigenvalue weighted by Crippen LogP contribution is -2.19. The van der Waals surface area contributed by atoms with Crippen molar-refractivity contribution in [2.75, 3.05) is 19.5 Å². The van der Waals surface area contributed by atoms with Crippen LogP contribution in [0.5, 0.6) is 11.8 Å². The van der Waals surface area contributed by atoms with Crippen molar-refractivity contribution in [2.45, 2.75) is 33.0 Å². The molecule has 2 N–H and O–H groups in total. The van der Waals surface area contributed by atoms with Gasteiger partial charge in [-0.1, -0.05) is 0 Å².